The summed E-state index contributed by atoms with van der Waals surface area (Å²) in [6.07, 6.45) is 1.22. The van der Waals surface area contributed by atoms with Gasteiger partial charge in [0.25, 0.3) is 0 Å². The van der Waals surface area contributed by atoms with Gasteiger partial charge in [-0.2, -0.15) is 0 Å². The van der Waals surface area contributed by atoms with Crippen LogP contribution in [0.4, 0.5) is 11.4 Å². The smallest absolute Gasteiger partial charge is 0.224 e. The fraction of sp³-hybridized carbons (Fsp3) is 0.462. The van der Waals surface area contributed by atoms with Gasteiger partial charge in [0.15, 0.2) is 0 Å². The first-order valence-electron chi connectivity index (χ1n) is 5.87. The van der Waals surface area contributed by atoms with Crippen LogP contribution in [-0.2, 0) is 9.53 Å². The summed E-state index contributed by atoms with van der Waals surface area (Å²) in [5, 5.41) is 2.86. The van der Waals surface area contributed by atoms with Crippen molar-refractivity contribution in [1.82, 2.24) is 0 Å². The van der Waals surface area contributed by atoms with Crippen molar-refractivity contribution in [3.8, 4) is 0 Å². The third-order valence-electron chi connectivity index (χ3n) is 2.42. The molecule has 0 saturated carbocycles. The molecule has 0 aliphatic heterocycles. The first-order chi connectivity index (χ1) is 8.13. The van der Waals surface area contributed by atoms with E-state index in [4.69, 9.17) is 10.5 Å². The van der Waals surface area contributed by atoms with Gasteiger partial charge in [0, 0.05) is 31.0 Å². The zero-order valence-corrected chi connectivity index (χ0v) is 10.5. The molecule has 3 N–H and O–H groups in total. The van der Waals surface area contributed by atoms with Crippen LogP contribution in [0.5, 0.6) is 0 Å². The first-order valence-corrected chi connectivity index (χ1v) is 5.87. The highest BCUT2D eigenvalue weighted by molar-refractivity contribution is 5.91. The highest BCUT2D eigenvalue weighted by atomic mass is 16.5. The van der Waals surface area contributed by atoms with Crippen molar-refractivity contribution in [2.45, 2.75) is 26.7 Å². The molecule has 0 heterocycles. The monoisotopic (exact) mass is 236 g/mol. The van der Waals surface area contributed by atoms with Crippen LogP contribution in [0.2, 0.25) is 0 Å². The number of carbonyl (C=O) groups excluding carboxylic acids is 1. The molecule has 0 aromatic heterocycles. The number of hydrogen-bond acceptors (Lipinski definition) is 3. The molecule has 1 rings (SSSR count). The van der Waals surface area contributed by atoms with Crippen LogP contribution in [0.1, 0.15) is 25.3 Å². The Hall–Kier alpha value is -1.55. The van der Waals surface area contributed by atoms with Crippen molar-refractivity contribution >= 4 is 17.3 Å². The summed E-state index contributed by atoms with van der Waals surface area (Å²) in [5.74, 6) is 0.0116. The van der Waals surface area contributed by atoms with E-state index in [1.807, 2.05) is 26.0 Å². The largest absolute Gasteiger partial charge is 0.399 e. The van der Waals surface area contributed by atoms with Crippen molar-refractivity contribution in [2.75, 3.05) is 24.3 Å². The van der Waals surface area contributed by atoms with Crippen LogP contribution in [0.3, 0.4) is 0 Å². The first kappa shape index (κ1) is 13.5. The fourth-order valence-electron chi connectivity index (χ4n) is 1.52. The number of nitrogens with two attached hydrogens (primary N) is 1. The summed E-state index contributed by atoms with van der Waals surface area (Å²) in [7, 11) is 0. The van der Waals surface area contributed by atoms with Gasteiger partial charge in [0.2, 0.25) is 5.91 Å². The quantitative estimate of drug-likeness (QED) is 0.588. The molecule has 4 heteroatoms. The maximum atomic E-state index is 11.6. The Morgan fingerprint density at radius 3 is 2.88 bits per heavy atom. The van der Waals surface area contributed by atoms with Gasteiger partial charge < -0.3 is 15.8 Å². The highest BCUT2D eigenvalue weighted by Gasteiger charge is 2.04. The topological polar surface area (TPSA) is 64.3 Å². The Bertz CT molecular complexity index is 378. The van der Waals surface area contributed by atoms with Gasteiger partial charge in [0.05, 0.1) is 0 Å². The minimum atomic E-state index is 0.0116. The lowest BCUT2D eigenvalue weighted by Crippen LogP contribution is -2.13. The molecule has 0 radical (unpaired) electrons. The lowest BCUT2D eigenvalue weighted by atomic mass is 10.1. The van der Waals surface area contributed by atoms with E-state index in [9.17, 15) is 4.79 Å². The minimum Gasteiger partial charge on any atom is -0.399 e. The molecule has 1 aromatic carbocycles. The Morgan fingerprint density at radius 1 is 1.47 bits per heavy atom. The number of nitrogen functional groups attached to an aromatic ring is 1. The third-order valence-corrected chi connectivity index (χ3v) is 2.42. The minimum absolute atomic E-state index is 0.0116. The summed E-state index contributed by atoms with van der Waals surface area (Å²) in [5.41, 5.74) is 8.14. The molecule has 1 aromatic rings. The number of hydrogen-bond donors (Lipinski definition) is 2. The molecule has 94 valence electrons. The Labute approximate surface area is 102 Å². The highest BCUT2D eigenvalue weighted by Crippen LogP contribution is 2.17. The van der Waals surface area contributed by atoms with Crippen LogP contribution >= 0.6 is 0 Å². The SMILES string of the molecule is CCOCCCC(=O)Nc1ccc(N)cc1C. The van der Waals surface area contributed by atoms with Crippen molar-refractivity contribution in [3.63, 3.8) is 0 Å². The van der Waals surface area contributed by atoms with Crippen LogP contribution in [0.25, 0.3) is 0 Å². The maximum absolute atomic E-state index is 11.6. The molecule has 0 bridgehead atoms. The number of carbonyl (C=O) groups is 1. The summed E-state index contributed by atoms with van der Waals surface area (Å²) < 4.78 is 5.18. The number of amides is 1. The molecule has 0 fully saturated rings. The lowest BCUT2D eigenvalue weighted by molar-refractivity contribution is -0.116. The predicted molar refractivity (Wildman–Crippen MR) is 69.9 cm³/mol. The molecule has 17 heavy (non-hydrogen) atoms. The molecule has 0 unspecified atom stereocenters. The number of nitrogens with one attached hydrogen (secondary N) is 1. The normalized spacial score (nSPS) is 10.2. The second-order valence-electron chi connectivity index (χ2n) is 3.92. The van der Waals surface area contributed by atoms with Crippen LogP contribution in [0.15, 0.2) is 18.2 Å². The molecule has 4 nitrogen and oxygen atoms in total. The van der Waals surface area contributed by atoms with Gasteiger partial charge >= 0.3 is 0 Å². The molecule has 0 aliphatic rings. The predicted octanol–water partition coefficient (Wildman–Crippen LogP) is 2.33. The van der Waals surface area contributed by atoms with Gasteiger partial charge in [0.1, 0.15) is 0 Å². The molecular weight excluding hydrogens is 216 g/mol. The summed E-state index contributed by atoms with van der Waals surface area (Å²) in [6, 6.07) is 5.45. The summed E-state index contributed by atoms with van der Waals surface area (Å²) >= 11 is 0. The molecular formula is C13H20N2O2. The number of benzene rings is 1. The van der Waals surface area contributed by atoms with E-state index in [2.05, 4.69) is 5.32 Å². The number of anilines is 2. The molecule has 0 saturated heterocycles. The number of aryl methyl sites for hydroxylation is 1. The lowest BCUT2D eigenvalue weighted by Gasteiger charge is -2.09. The van der Waals surface area contributed by atoms with E-state index < -0.39 is 0 Å². The van der Waals surface area contributed by atoms with E-state index >= 15 is 0 Å². The molecule has 0 aliphatic carbocycles. The van der Waals surface area contributed by atoms with Gasteiger partial charge in [-0.3, -0.25) is 4.79 Å². The maximum Gasteiger partial charge on any atom is 0.224 e. The Kier molecular flexibility index (Phi) is 5.49. The van der Waals surface area contributed by atoms with Crippen molar-refractivity contribution in [2.24, 2.45) is 0 Å². The average Bonchev–Trinajstić information content (AvgIpc) is 2.28. The Morgan fingerprint density at radius 2 is 2.24 bits per heavy atom. The van der Waals surface area contributed by atoms with Gasteiger partial charge in [-0.05, 0) is 44.0 Å². The summed E-state index contributed by atoms with van der Waals surface area (Å²) in [4.78, 5) is 11.6. The molecule has 0 spiro atoms. The van der Waals surface area contributed by atoms with Gasteiger partial charge in [-0.1, -0.05) is 0 Å². The summed E-state index contributed by atoms with van der Waals surface area (Å²) in [6.45, 7) is 5.19. The standard InChI is InChI=1S/C13H20N2O2/c1-3-17-8-4-5-13(16)15-12-7-6-11(14)9-10(12)2/h6-7,9H,3-5,8,14H2,1-2H3,(H,15,16). The second kappa shape index (κ2) is 6.91. The van der Waals surface area contributed by atoms with Crippen molar-refractivity contribution < 1.29 is 9.53 Å². The zero-order valence-electron chi connectivity index (χ0n) is 10.5. The zero-order chi connectivity index (χ0) is 12.7. The number of rotatable bonds is 6. The van der Waals surface area contributed by atoms with Gasteiger partial charge in [-0.25, -0.2) is 0 Å². The van der Waals surface area contributed by atoms with E-state index in [-0.39, 0.29) is 5.91 Å². The van der Waals surface area contributed by atoms with Crippen molar-refractivity contribution in [1.29, 1.82) is 0 Å². The average molecular weight is 236 g/mol. The van der Waals surface area contributed by atoms with Crippen LogP contribution < -0.4 is 11.1 Å². The third kappa shape index (κ3) is 4.87. The van der Waals surface area contributed by atoms with E-state index in [1.165, 1.54) is 0 Å². The number of ether oxygens (including phenoxy) is 1. The second-order valence-corrected chi connectivity index (χ2v) is 3.92. The van der Waals surface area contributed by atoms with E-state index in [1.54, 1.807) is 6.07 Å². The molecule has 1 amide bonds. The van der Waals surface area contributed by atoms with Gasteiger partial charge in [-0.15, -0.1) is 0 Å². The molecule has 0 atom stereocenters. The van der Waals surface area contributed by atoms with E-state index in [0.29, 0.717) is 25.3 Å². The van der Waals surface area contributed by atoms with Crippen molar-refractivity contribution in [3.05, 3.63) is 23.8 Å². The van der Waals surface area contributed by atoms with Crippen LogP contribution in [-0.4, -0.2) is 19.1 Å². The van der Waals surface area contributed by atoms with E-state index in [0.717, 1.165) is 17.7 Å². The Balaban J connectivity index is 2.40. The van der Waals surface area contributed by atoms with Crippen LogP contribution in [0, 0.1) is 6.92 Å². The fourth-order valence-corrected chi connectivity index (χ4v) is 1.52.